The van der Waals surface area contributed by atoms with Crippen molar-refractivity contribution in [2.75, 3.05) is 6.54 Å². The van der Waals surface area contributed by atoms with Gasteiger partial charge in [-0.1, -0.05) is 49.4 Å². The predicted molar refractivity (Wildman–Crippen MR) is 87.6 cm³/mol. The molecule has 1 amide bonds. The third-order valence-electron chi connectivity index (χ3n) is 3.91. The molecule has 2 nitrogen and oxygen atoms in total. The normalized spacial score (nSPS) is 12.7. The maximum absolute atomic E-state index is 12.5. The largest absolute Gasteiger partial charge is 0.416 e. The summed E-state index contributed by atoms with van der Waals surface area (Å²) in [5.74, 6) is 0.146. The van der Waals surface area contributed by atoms with Crippen molar-refractivity contribution >= 4 is 5.91 Å². The fraction of sp³-hybridized carbons (Fsp3) is 0.316. The lowest BCUT2D eigenvalue weighted by Gasteiger charge is -2.12. The second kappa shape index (κ2) is 7.99. The van der Waals surface area contributed by atoms with Gasteiger partial charge in [0.25, 0.3) is 0 Å². The number of halogens is 3. The van der Waals surface area contributed by atoms with Crippen LogP contribution in [-0.4, -0.2) is 12.5 Å². The zero-order valence-corrected chi connectivity index (χ0v) is 13.4. The summed E-state index contributed by atoms with van der Waals surface area (Å²) in [6.07, 6.45) is -3.46. The van der Waals surface area contributed by atoms with E-state index in [1.165, 1.54) is 17.7 Å². The summed E-state index contributed by atoms with van der Waals surface area (Å²) >= 11 is 0. The van der Waals surface area contributed by atoms with Gasteiger partial charge in [0.2, 0.25) is 5.91 Å². The molecule has 0 spiro atoms. The Bertz CT molecular complexity index is 651. The van der Waals surface area contributed by atoms with Gasteiger partial charge in [-0.25, -0.2) is 0 Å². The van der Waals surface area contributed by atoms with E-state index in [1.54, 1.807) is 0 Å². The Morgan fingerprint density at radius 2 is 1.67 bits per heavy atom. The summed E-state index contributed by atoms with van der Waals surface area (Å²) in [4.78, 5) is 11.9. The average Bonchev–Trinajstić information content (AvgIpc) is 2.55. The number of carbonyl (C=O) groups excluding carboxylic acids is 1. The van der Waals surface area contributed by atoms with E-state index < -0.39 is 11.7 Å². The highest BCUT2D eigenvalue weighted by Gasteiger charge is 2.29. The quantitative estimate of drug-likeness (QED) is 0.824. The van der Waals surface area contributed by atoms with E-state index in [1.807, 2.05) is 18.2 Å². The number of hydrogen-bond acceptors (Lipinski definition) is 1. The van der Waals surface area contributed by atoms with Gasteiger partial charge in [0.05, 0.1) is 12.0 Å². The first kappa shape index (κ1) is 18.0. The van der Waals surface area contributed by atoms with E-state index in [0.717, 1.165) is 18.6 Å². The van der Waals surface area contributed by atoms with Crippen molar-refractivity contribution in [3.8, 4) is 0 Å². The topological polar surface area (TPSA) is 29.1 Å². The van der Waals surface area contributed by atoms with Gasteiger partial charge in [0.1, 0.15) is 0 Å². The lowest BCUT2D eigenvalue weighted by molar-refractivity contribution is -0.137. The minimum atomic E-state index is -4.35. The fourth-order valence-electron chi connectivity index (χ4n) is 2.44. The highest BCUT2D eigenvalue weighted by Crippen LogP contribution is 2.29. The molecule has 0 fully saturated rings. The van der Waals surface area contributed by atoms with Crippen LogP contribution in [0.25, 0.3) is 0 Å². The monoisotopic (exact) mass is 335 g/mol. The Balaban J connectivity index is 1.77. The zero-order chi connectivity index (χ0) is 17.6. The van der Waals surface area contributed by atoms with E-state index in [9.17, 15) is 18.0 Å². The second-order valence-corrected chi connectivity index (χ2v) is 5.82. The van der Waals surface area contributed by atoms with Crippen molar-refractivity contribution in [2.45, 2.75) is 31.9 Å². The predicted octanol–water partition coefficient (Wildman–Crippen LogP) is 4.56. The Hall–Kier alpha value is -2.30. The molecule has 128 valence electrons. The molecule has 2 aromatic rings. The maximum atomic E-state index is 12.5. The third-order valence-corrected chi connectivity index (χ3v) is 3.91. The van der Waals surface area contributed by atoms with Crippen LogP contribution in [-0.2, 0) is 17.4 Å². The SMILES string of the molecule is CC(CCNC(=O)Cc1ccc(C(F)(F)F)cc1)c1ccccc1. The maximum Gasteiger partial charge on any atom is 0.416 e. The summed E-state index contributed by atoms with van der Waals surface area (Å²) in [7, 11) is 0. The molecule has 2 aromatic carbocycles. The van der Waals surface area contributed by atoms with Gasteiger partial charge in [0, 0.05) is 6.54 Å². The Kier molecular flexibility index (Phi) is 6.01. The molecule has 0 saturated carbocycles. The molecular formula is C19H20F3NO. The third kappa shape index (κ3) is 5.41. The number of benzene rings is 2. The van der Waals surface area contributed by atoms with Crippen LogP contribution in [0.5, 0.6) is 0 Å². The molecule has 0 aliphatic carbocycles. The van der Waals surface area contributed by atoms with Gasteiger partial charge < -0.3 is 5.32 Å². The van der Waals surface area contributed by atoms with E-state index in [-0.39, 0.29) is 12.3 Å². The molecule has 1 atom stereocenters. The van der Waals surface area contributed by atoms with Crippen LogP contribution in [0.1, 0.15) is 36.0 Å². The first-order chi connectivity index (χ1) is 11.4. The lowest BCUT2D eigenvalue weighted by Crippen LogP contribution is -2.26. The van der Waals surface area contributed by atoms with Crippen molar-refractivity contribution in [3.63, 3.8) is 0 Å². The summed E-state index contributed by atoms with van der Waals surface area (Å²) in [5.41, 5.74) is 1.08. The molecule has 0 saturated heterocycles. The minimum Gasteiger partial charge on any atom is -0.356 e. The van der Waals surface area contributed by atoms with Gasteiger partial charge >= 0.3 is 6.18 Å². The van der Waals surface area contributed by atoms with Gasteiger partial charge in [-0.3, -0.25) is 4.79 Å². The first-order valence-electron chi connectivity index (χ1n) is 7.84. The highest BCUT2D eigenvalue weighted by atomic mass is 19.4. The summed E-state index contributed by atoms with van der Waals surface area (Å²) in [5, 5.41) is 2.82. The molecular weight excluding hydrogens is 315 g/mol. The van der Waals surface area contributed by atoms with E-state index >= 15 is 0 Å². The highest BCUT2D eigenvalue weighted by molar-refractivity contribution is 5.78. The molecule has 1 unspecified atom stereocenters. The van der Waals surface area contributed by atoms with E-state index in [0.29, 0.717) is 18.0 Å². The Morgan fingerprint density at radius 3 is 2.25 bits per heavy atom. The van der Waals surface area contributed by atoms with Crippen molar-refractivity contribution in [3.05, 3.63) is 71.3 Å². The van der Waals surface area contributed by atoms with Crippen molar-refractivity contribution in [1.82, 2.24) is 5.32 Å². The van der Waals surface area contributed by atoms with Crippen LogP contribution >= 0.6 is 0 Å². The minimum absolute atomic E-state index is 0.0812. The molecule has 0 aliphatic heterocycles. The van der Waals surface area contributed by atoms with Crippen molar-refractivity contribution in [2.24, 2.45) is 0 Å². The molecule has 0 bridgehead atoms. The molecule has 0 radical (unpaired) electrons. The van der Waals surface area contributed by atoms with E-state index in [4.69, 9.17) is 0 Å². The Labute approximate surface area is 139 Å². The smallest absolute Gasteiger partial charge is 0.356 e. The fourth-order valence-corrected chi connectivity index (χ4v) is 2.44. The van der Waals surface area contributed by atoms with Crippen LogP contribution < -0.4 is 5.32 Å². The van der Waals surface area contributed by atoms with Gasteiger partial charge in [-0.2, -0.15) is 13.2 Å². The molecule has 0 aromatic heterocycles. The van der Waals surface area contributed by atoms with E-state index in [2.05, 4.69) is 24.4 Å². The lowest BCUT2D eigenvalue weighted by atomic mass is 9.98. The van der Waals surface area contributed by atoms with Crippen LogP contribution in [0.3, 0.4) is 0 Å². The molecule has 0 aliphatic rings. The van der Waals surface area contributed by atoms with Crippen LogP contribution in [0.4, 0.5) is 13.2 Å². The summed E-state index contributed by atoms with van der Waals surface area (Å²) in [6, 6.07) is 14.7. The number of hydrogen-bond donors (Lipinski definition) is 1. The molecule has 1 N–H and O–H groups in total. The van der Waals surface area contributed by atoms with Gasteiger partial charge in [-0.05, 0) is 35.6 Å². The number of carbonyl (C=O) groups is 1. The van der Waals surface area contributed by atoms with Crippen molar-refractivity contribution in [1.29, 1.82) is 0 Å². The number of rotatable bonds is 6. The number of alkyl halides is 3. The first-order valence-corrected chi connectivity index (χ1v) is 7.84. The molecule has 0 heterocycles. The zero-order valence-electron chi connectivity index (χ0n) is 13.4. The molecule has 2 rings (SSSR count). The second-order valence-electron chi connectivity index (χ2n) is 5.82. The molecule has 5 heteroatoms. The van der Waals surface area contributed by atoms with Gasteiger partial charge in [0.15, 0.2) is 0 Å². The molecule has 24 heavy (non-hydrogen) atoms. The Morgan fingerprint density at radius 1 is 1.04 bits per heavy atom. The summed E-state index contributed by atoms with van der Waals surface area (Å²) < 4.78 is 37.5. The van der Waals surface area contributed by atoms with Crippen LogP contribution in [0.15, 0.2) is 54.6 Å². The standard InChI is InChI=1S/C19H20F3NO/c1-14(16-5-3-2-4-6-16)11-12-23-18(24)13-15-7-9-17(10-8-15)19(20,21)22/h2-10,14H,11-13H2,1H3,(H,23,24). The van der Waals surface area contributed by atoms with Crippen LogP contribution in [0, 0.1) is 0 Å². The number of nitrogens with one attached hydrogen (secondary N) is 1. The van der Waals surface area contributed by atoms with Gasteiger partial charge in [-0.15, -0.1) is 0 Å². The number of amides is 1. The van der Waals surface area contributed by atoms with Crippen molar-refractivity contribution < 1.29 is 18.0 Å². The van der Waals surface area contributed by atoms with Crippen LogP contribution in [0.2, 0.25) is 0 Å². The average molecular weight is 335 g/mol. The summed E-state index contributed by atoms with van der Waals surface area (Å²) in [6.45, 7) is 2.63.